The van der Waals surface area contributed by atoms with Gasteiger partial charge in [0.15, 0.2) is 0 Å². The van der Waals surface area contributed by atoms with Crippen LogP contribution in [0.3, 0.4) is 0 Å². The Hall–Kier alpha value is -0.860. The molecule has 1 aromatic carbocycles. The third kappa shape index (κ3) is 2.45. The van der Waals surface area contributed by atoms with Crippen molar-refractivity contribution in [3.05, 3.63) is 35.4 Å². The van der Waals surface area contributed by atoms with Crippen LogP contribution in [0, 0.1) is 6.92 Å². The SMILES string of the molecule is Cc1cccc([C@H]([C@H](C)O)N2CCCC2)c1. The van der Waals surface area contributed by atoms with Crippen molar-refractivity contribution in [3.63, 3.8) is 0 Å². The van der Waals surface area contributed by atoms with E-state index < -0.39 is 0 Å². The van der Waals surface area contributed by atoms with Crippen LogP contribution in [-0.4, -0.2) is 29.2 Å². The smallest absolute Gasteiger partial charge is 0.0708 e. The molecule has 2 nitrogen and oxygen atoms in total. The molecule has 0 aromatic heterocycles. The van der Waals surface area contributed by atoms with Crippen molar-refractivity contribution in [1.82, 2.24) is 4.90 Å². The second-order valence-corrected chi connectivity index (χ2v) is 4.84. The maximum atomic E-state index is 9.98. The largest absolute Gasteiger partial charge is 0.391 e. The van der Waals surface area contributed by atoms with Gasteiger partial charge < -0.3 is 5.11 Å². The Bertz CT molecular complexity index is 342. The molecule has 1 fully saturated rings. The molecule has 88 valence electrons. The quantitative estimate of drug-likeness (QED) is 0.844. The van der Waals surface area contributed by atoms with Gasteiger partial charge in [-0.25, -0.2) is 0 Å². The van der Waals surface area contributed by atoms with E-state index in [-0.39, 0.29) is 12.1 Å². The first-order valence-corrected chi connectivity index (χ1v) is 6.17. The highest BCUT2D eigenvalue weighted by Crippen LogP contribution is 2.28. The molecule has 1 N–H and O–H groups in total. The minimum absolute atomic E-state index is 0.169. The topological polar surface area (TPSA) is 23.5 Å². The molecule has 16 heavy (non-hydrogen) atoms. The van der Waals surface area contributed by atoms with Gasteiger partial charge in [0.2, 0.25) is 0 Å². The van der Waals surface area contributed by atoms with Gasteiger partial charge in [-0.2, -0.15) is 0 Å². The van der Waals surface area contributed by atoms with Gasteiger partial charge in [0, 0.05) is 0 Å². The van der Waals surface area contributed by atoms with Crippen LogP contribution in [0.5, 0.6) is 0 Å². The average molecular weight is 219 g/mol. The first-order chi connectivity index (χ1) is 7.68. The summed E-state index contributed by atoms with van der Waals surface area (Å²) in [5, 5.41) is 9.98. The third-order valence-electron chi connectivity index (χ3n) is 3.37. The summed E-state index contributed by atoms with van der Waals surface area (Å²) in [4.78, 5) is 2.40. The fourth-order valence-corrected chi connectivity index (χ4v) is 2.67. The van der Waals surface area contributed by atoms with Gasteiger partial charge in [-0.15, -0.1) is 0 Å². The van der Waals surface area contributed by atoms with Gasteiger partial charge in [0.05, 0.1) is 12.1 Å². The average Bonchev–Trinajstić information content (AvgIpc) is 2.71. The van der Waals surface area contributed by atoms with Crippen LogP contribution < -0.4 is 0 Å². The predicted octanol–water partition coefficient (Wildman–Crippen LogP) is 2.51. The summed E-state index contributed by atoms with van der Waals surface area (Å²) in [5.41, 5.74) is 2.51. The van der Waals surface area contributed by atoms with Crippen LogP contribution in [-0.2, 0) is 0 Å². The molecule has 0 unspecified atom stereocenters. The highest BCUT2D eigenvalue weighted by atomic mass is 16.3. The lowest BCUT2D eigenvalue weighted by atomic mass is 9.99. The van der Waals surface area contributed by atoms with Crippen LogP contribution in [0.4, 0.5) is 0 Å². The van der Waals surface area contributed by atoms with Crippen LogP contribution in [0.1, 0.15) is 36.9 Å². The van der Waals surface area contributed by atoms with Crippen molar-refractivity contribution in [2.75, 3.05) is 13.1 Å². The normalized spacial score (nSPS) is 20.9. The van der Waals surface area contributed by atoms with E-state index in [1.807, 2.05) is 6.92 Å². The number of aryl methyl sites for hydroxylation is 1. The molecule has 0 radical (unpaired) electrons. The monoisotopic (exact) mass is 219 g/mol. The lowest BCUT2D eigenvalue weighted by molar-refractivity contribution is 0.0749. The van der Waals surface area contributed by atoms with Crippen molar-refractivity contribution < 1.29 is 5.11 Å². The third-order valence-corrected chi connectivity index (χ3v) is 3.37. The Kier molecular flexibility index (Phi) is 3.62. The van der Waals surface area contributed by atoms with E-state index in [1.54, 1.807) is 0 Å². The molecule has 0 saturated carbocycles. The predicted molar refractivity (Wildman–Crippen MR) is 66.4 cm³/mol. The van der Waals surface area contributed by atoms with Gasteiger partial charge in [-0.05, 0) is 45.3 Å². The highest BCUT2D eigenvalue weighted by Gasteiger charge is 2.26. The molecule has 1 heterocycles. The van der Waals surface area contributed by atoms with Crippen molar-refractivity contribution in [1.29, 1.82) is 0 Å². The number of hydrogen-bond donors (Lipinski definition) is 1. The Balaban J connectivity index is 2.24. The Labute approximate surface area is 97.9 Å². The van der Waals surface area contributed by atoms with Crippen molar-refractivity contribution in [3.8, 4) is 0 Å². The maximum absolute atomic E-state index is 9.98. The molecule has 2 rings (SSSR count). The number of aliphatic hydroxyl groups is 1. The van der Waals surface area contributed by atoms with Crippen molar-refractivity contribution in [2.45, 2.75) is 38.8 Å². The second kappa shape index (κ2) is 4.98. The number of benzene rings is 1. The number of likely N-dealkylation sites (tertiary alicyclic amines) is 1. The zero-order valence-corrected chi connectivity index (χ0v) is 10.2. The number of nitrogens with zero attached hydrogens (tertiary/aromatic N) is 1. The number of hydrogen-bond acceptors (Lipinski definition) is 2. The Morgan fingerprint density at radius 1 is 1.25 bits per heavy atom. The number of aliphatic hydroxyl groups excluding tert-OH is 1. The zero-order chi connectivity index (χ0) is 11.5. The molecule has 1 saturated heterocycles. The van der Waals surface area contributed by atoms with Gasteiger partial charge in [-0.1, -0.05) is 29.8 Å². The van der Waals surface area contributed by atoms with E-state index in [2.05, 4.69) is 36.1 Å². The first kappa shape index (κ1) is 11.6. The standard InChI is InChI=1S/C14H21NO/c1-11-6-5-7-13(10-11)14(12(2)16)15-8-3-4-9-15/h5-7,10,12,14,16H,3-4,8-9H2,1-2H3/t12-,14-/m0/s1. The van der Waals surface area contributed by atoms with Gasteiger partial charge in [-0.3, -0.25) is 4.90 Å². The minimum atomic E-state index is -0.306. The Morgan fingerprint density at radius 3 is 2.50 bits per heavy atom. The summed E-state index contributed by atoms with van der Waals surface area (Å²) in [7, 11) is 0. The molecule has 0 bridgehead atoms. The molecule has 1 aliphatic heterocycles. The lowest BCUT2D eigenvalue weighted by Crippen LogP contribution is -2.33. The van der Waals surface area contributed by atoms with Gasteiger partial charge in [0.1, 0.15) is 0 Å². The summed E-state index contributed by atoms with van der Waals surface area (Å²) >= 11 is 0. The fourth-order valence-electron chi connectivity index (χ4n) is 2.67. The molecular formula is C14H21NO. The van der Waals surface area contributed by atoms with Crippen LogP contribution >= 0.6 is 0 Å². The summed E-state index contributed by atoms with van der Waals surface area (Å²) in [6, 6.07) is 8.67. The van der Waals surface area contributed by atoms with Gasteiger partial charge >= 0.3 is 0 Å². The highest BCUT2D eigenvalue weighted by molar-refractivity contribution is 5.26. The molecule has 0 aliphatic carbocycles. The van der Waals surface area contributed by atoms with E-state index in [4.69, 9.17) is 0 Å². The molecule has 1 aromatic rings. The Morgan fingerprint density at radius 2 is 1.94 bits per heavy atom. The summed E-state index contributed by atoms with van der Waals surface area (Å²) in [6.45, 7) is 6.23. The van der Waals surface area contributed by atoms with Crippen molar-refractivity contribution in [2.24, 2.45) is 0 Å². The summed E-state index contributed by atoms with van der Waals surface area (Å²) in [6.07, 6.45) is 2.21. The van der Waals surface area contributed by atoms with E-state index in [0.29, 0.717) is 0 Å². The van der Waals surface area contributed by atoms with Crippen LogP contribution in [0.25, 0.3) is 0 Å². The van der Waals surface area contributed by atoms with Crippen LogP contribution in [0.15, 0.2) is 24.3 Å². The minimum Gasteiger partial charge on any atom is -0.391 e. The van der Waals surface area contributed by atoms with Crippen LogP contribution in [0.2, 0.25) is 0 Å². The molecule has 0 spiro atoms. The molecular weight excluding hydrogens is 198 g/mol. The summed E-state index contributed by atoms with van der Waals surface area (Å²) in [5.74, 6) is 0. The van der Waals surface area contributed by atoms with E-state index in [1.165, 1.54) is 24.0 Å². The first-order valence-electron chi connectivity index (χ1n) is 6.17. The van der Waals surface area contributed by atoms with E-state index in [0.717, 1.165) is 13.1 Å². The second-order valence-electron chi connectivity index (χ2n) is 4.84. The molecule has 0 amide bonds. The zero-order valence-electron chi connectivity index (χ0n) is 10.2. The van der Waals surface area contributed by atoms with E-state index in [9.17, 15) is 5.11 Å². The van der Waals surface area contributed by atoms with Gasteiger partial charge in [0.25, 0.3) is 0 Å². The van der Waals surface area contributed by atoms with Crippen molar-refractivity contribution >= 4 is 0 Å². The molecule has 2 heteroatoms. The lowest BCUT2D eigenvalue weighted by Gasteiger charge is -2.30. The number of rotatable bonds is 3. The fraction of sp³-hybridized carbons (Fsp3) is 0.571. The molecule has 2 atom stereocenters. The van der Waals surface area contributed by atoms with E-state index >= 15 is 0 Å². The maximum Gasteiger partial charge on any atom is 0.0708 e. The summed E-state index contributed by atoms with van der Waals surface area (Å²) < 4.78 is 0. The molecule has 1 aliphatic rings.